The SMILES string of the molecule is CCCC(C)C(C)C(CNC(=O)[C@H](C)N)CC(=O)O. The quantitative estimate of drug-likeness (QED) is 0.594. The third-order valence-corrected chi connectivity index (χ3v) is 3.77. The summed E-state index contributed by atoms with van der Waals surface area (Å²) in [6.07, 6.45) is 2.23. The van der Waals surface area contributed by atoms with Gasteiger partial charge in [-0.25, -0.2) is 0 Å². The summed E-state index contributed by atoms with van der Waals surface area (Å²) in [4.78, 5) is 22.4. The van der Waals surface area contributed by atoms with Gasteiger partial charge in [0.2, 0.25) is 5.91 Å². The van der Waals surface area contributed by atoms with Gasteiger partial charge in [0.25, 0.3) is 0 Å². The molecule has 0 aliphatic heterocycles. The molecule has 0 saturated heterocycles. The molecule has 0 radical (unpaired) electrons. The monoisotopic (exact) mass is 272 g/mol. The number of carbonyl (C=O) groups excluding carboxylic acids is 1. The number of nitrogens with two attached hydrogens (primary N) is 1. The predicted octanol–water partition coefficient (Wildman–Crippen LogP) is 1.61. The van der Waals surface area contributed by atoms with Gasteiger partial charge < -0.3 is 16.2 Å². The average molecular weight is 272 g/mol. The van der Waals surface area contributed by atoms with Crippen molar-refractivity contribution < 1.29 is 14.7 Å². The van der Waals surface area contributed by atoms with Crippen molar-refractivity contribution in [1.82, 2.24) is 5.32 Å². The summed E-state index contributed by atoms with van der Waals surface area (Å²) in [5.74, 6) is -0.408. The molecule has 0 saturated carbocycles. The van der Waals surface area contributed by atoms with Crippen molar-refractivity contribution in [2.75, 3.05) is 6.54 Å². The molecule has 112 valence electrons. The largest absolute Gasteiger partial charge is 0.481 e. The van der Waals surface area contributed by atoms with E-state index in [-0.39, 0.29) is 24.2 Å². The third kappa shape index (κ3) is 7.15. The number of carbonyl (C=O) groups is 2. The van der Waals surface area contributed by atoms with E-state index in [0.717, 1.165) is 12.8 Å². The summed E-state index contributed by atoms with van der Waals surface area (Å²) in [7, 11) is 0. The molecule has 0 aromatic heterocycles. The van der Waals surface area contributed by atoms with Gasteiger partial charge in [0, 0.05) is 6.54 Å². The van der Waals surface area contributed by atoms with Crippen LogP contribution in [0.3, 0.4) is 0 Å². The average Bonchev–Trinajstić information content (AvgIpc) is 2.32. The van der Waals surface area contributed by atoms with Crippen LogP contribution in [0.5, 0.6) is 0 Å². The second-order valence-corrected chi connectivity index (χ2v) is 5.52. The normalized spacial score (nSPS) is 17.3. The molecular formula is C14H28N2O3. The first-order valence-corrected chi connectivity index (χ1v) is 7.04. The van der Waals surface area contributed by atoms with Gasteiger partial charge in [-0.3, -0.25) is 9.59 Å². The number of carboxylic acid groups (broad SMARTS) is 1. The summed E-state index contributed by atoms with van der Waals surface area (Å²) in [5, 5.41) is 11.7. The predicted molar refractivity (Wildman–Crippen MR) is 75.6 cm³/mol. The Bertz CT molecular complexity index is 292. The summed E-state index contributed by atoms with van der Waals surface area (Å²) in [6, 6.07) is -0.561. The van der Waals surface area contributed by atoms with E-state index in [0.29, 0.717) is 12.5 Å². The van der Waals surface area contributed by atoms with Crippen molar-refractivity contribution in [3.05, 3.63) is 0 Å². The first kappa shape index (κ1) is 17.9. The molecule has 0 aromatic rings. The summed E-state index contributed by atoms with van der Waals surface area (Å²) in [5.41, 5.74) is 5.48. The Kier molecular flexibility index (Phi) is 8.39. The first-order chi connectivity index (χ1) is 8.79. The molecule has 19 heavy (non-hydrogen) atoms. The molecule has 0 bridgehead atoms. The van der Waals surface area contributed by atoms with Crippen LogP contribution >= 0.6 is 0 Å². The van der Waals surface area contributed by atoms with Gasteiger partial charge in [-0.2, -0.15) is 0 Å². The van der Waals surface area contributed by atoms with E-state index in [1.54, 1.807) is 6.92 Å². The van der Waals surface area contributed by atoms with E-state index >= 15 is 0 Å². The van der Waals surface area contributed by atoms with Gasteiger partial charge in [0.05, 0.1) is 12.5 Å². The zero-order chi connectivity index (χ0) is 15.0. The lowest BCUT2D eigenvalue weighted by molar-refractivity contribution is -0.139. The Balaban J connectivity index is 4.53. The van der Waals surface area contributed by atoms with Gasteiger partial charge in [-0.15, -0.1) is 0 Å². The number of rotatable bonds is 9. The minimum Gasteiger partial charge on any atom is -0.481 e. The topological polar surface area (TPSA) is 92.4 Å². The minimum absolute atomic E-state index is 0.0539. The van der Waals surface area contributed by atoms with Crippen LogP contribution in [0.2, 0.25) is 0 Å². The van der Waals surface area contributed by atoms with Crippen molar-refractivity contribution in [3.63, 3.8) is 0 Å². The van der Waals surface area contributed by atoms with Crippen LogP contribution < -0.4 is 11.1 Å². The number of nitrogens with one attached hydrogen (secondary N) is 1. The van der Waals surface area contributed by atoms with Gasteiger partial charge in [0.1, 0.15) is 0 Å². The fourth-order valence-corrected chi connectivity index (χ4v) is 2.24. The Labute approximate surface area is 115 Å². The number of hydrogen-bond acceptors (Lipinski definition) is 3. The van der Waals surface area contributed by atoms with Crippen molar-refractivity contribution in [2.45, 2.75) is 53.0 Å². The van der Waals surface area contributed by atoms with E-state index in [1.807, 2.05) is 0 Å². The number of aliphatic carboxylic acids is 1. The van der Waals surface area contributed by atoms with E-state index in [4.69, 9.17) is 10.8 Å². The van der Waals surface area contributed by atoms with Gasteiger partial charge in [-0.05, 0) is 24.7 Å². The molecule has 0 heterocycles. The van der Waals surface area contributed by atoms with Crippen LogP contribution in [0.25, 0.3) is 0 Å². The van der Waals surface area contributed by atoms with Gasteiger partial charge in [-0.1, -0.05) is 33.6 Å². The molecule has 0 rings (SSSR count). The highest BCUT2D eigenvalue weighted by atomic mass is 16.4. The molecule has 0 aliphatic carbocycles. The lowest BCUT2D eigenvalue weighted by Gasteiger charge is -2.28. The molecule has 5 nitrogen and oxygen atoms in total. The van der Waals surface area contributed by atoms with Gasteiger partial charge in [0.15, 0.2) is 0 Å². The van der Waals surface area contributed by atoms with E-state index in [2.05, 4.69) is 26.1 Å². The zero-order valence-corrected chi connectivity index (χ0v) is 12.5. The maximum absolute atomic E-state index is 11.5. The smallest absolute Gasteiger partial charge is 0.303 e. The molecule has 0 aromatic carbocycles. The van der Waals surface area contributed by atoms with Crippen LogP contribution in [-0.4, -0.2) is 29.6 Å². The van der Waals surface area contributed by atoms with E-state index < -0.39 is 12.0 Å². The molecule has 1 amide bonds. The fourth-order valence-electron chi connectivity index (χ4n) is 2.24. The Morgan fingerprint density at radius 1 is 1.26 bits per heavy atom. The highest BCUT2D eigenvalue weighted by Gasteiger charge is 2.25. The molecule has 0 aliphatic rings. The molecule has 0 fully saturated rings. The molecule has 5 heteroatoms. The second kappa shape index (κ2) is 8.91. The Morgan fingerprint density at radius 3 is 2.26 bits per heavy atom. The van der Waals surface area contributed by atoms with E-state index in [9.17, 15) is 9.59 Å². The molecule has 4 N–H and O–H groups in total. The second-order valence-electron chi connectivity index (χ2n) is 5.52. The summed E-state index contributed by atoms with van der Waals surface area (Å²) < 4.78 is 0. The molecule has 4 atom stereocenters. The molecule has 0 spiro atoms. The van der Waals surface area contributed by atoms with Gasteiger partial charge >= 0.3 is 5.97 Å². The van der Waals surface area contributed by atoms with Crippen LogP contribution in [0.4, 0.5) is 0 Å². The van der Waals surface area contributed by atoms with Crippen LogP contribution in [-0.2, 0) is 9.59 Å². The number of hydrogen-bond donors (Lipinski definition) is 3. The standard InChI is InChI=1S/C14H28N2O3/c1-5-6-9(2)10(3)12(7-13(17)18)8-16-14(19)11(4)15/h9-12H,5-8,15H2,1-4H3,(H,16,19)(H,17,18)/t9?,10?,11-,12?/m0/s1. The summed E-state index contributed by atoms with van der Waals surface area (Å²) >= 11 is 0. The first-order valence-electron chi connectivity index (χ1n) is 7.04. The van der Waals surface area contributed by atoms with Crippen molar-refractivity contribution >= 4 is 11.9 Å². The summed E-state index contributed by atoms with van der Waals surface area (Å²) in [6.45, 7) is 8.31. The maximum Gasteiger partial charge on any atom is 0.303 e. The fraction of sp³-hybridized carbons (Fsp3) is 0.857. The zero-order valence-electron chi connectivity index (χ0n) is 12.5. The highest BCUT2D eigenvalue weighted by molar-refractivity contribution is 5.81. The van der Waals surface area contributed by atoms with Crippen LogP contribution in [0.15, 0.2) is 0 Å². The molecule has 3 unspecified atom stereocenters. The van der Waals surface area contributed by atoms with Crippen molar-refractivity contribution in [2.24, 2.45) is 23.5 Å². The van der Waals surface area contributed by atoms with Crippen LogP contribution in [0.1, 0.15) is 47.0 Å². The lowest BCUT2D eigenvalue weighted by Crippen LogP contribution is -2.42. The minimum atomic E-state index is -0.824. The highest BCUT2D eigenvalue weighted by Crippen LogP contribution is 2.26. The Morgan fingerprint density at radius 2 is 1.84 bits per heavy atom. The number of carboxylic acids is 1. The number of amides is 1. The maximum atomic E-state index is 11.5. The molecular weight excluding hydrogens is 244 g/mol. The third-order valence-electron chi connectivity index (χ3n) is 3.77. The van der Waals surface area contributed by atoms with E-state index in [1.165, 1.54) is 0 Å². The van der Waals surface area contributed by atoms with Crippen LogP contribution in [0, 0.1) is 17.8 Å². The van der Waals surface area contributed by atoms with Crippen molar-refractivity contribution in [1.29, 1.82) is 0 Å². The lowest BCUT2D eigenvalue weighted by atomic mass is 9.80. The van der Waals surface area contributed by atoms with Crippen molar-refractivity contribution in [3.8, 4) is 0 Å². The Hall–Kier alpha value is -1.10.